The molecule has 0 aromatic carbocycles. The van der Waals surface area contributed by atoms with E-state index in [0.717, 1.165) is 77.0 Å². The van der Waals surface area contributed by atoms with Gasteiger partial charge in [-0.3, -0.25) is 9.59 Å². The number of aliphatic hydroxyl groups excluding tert-OH is 2. The third kappa shape index (κ3) is 55.2. The van der Waals surface area contributed by atoms with Crippen molar-refractivity contribution in [3.63, 3.8) is 0 Å². The van der Waals surface area contributed by atoms with Crippen molar-refractivity contribution in [3.05, 3.63) is 36.5 Å². The number of amides is 1. The van der Waals surface area contributed by atoms with E-state index in [0.29, 0.717) is 19.4 Å². The molecule has 6 nitrogen and oxygen atoms in total. The number of esters is 1. The maximum absolute atomic E-state index is 12.5. The van der Waals surface area contributed by atoms with Crippen LogP contribution in [-0.2, 0) is 14.3 Å². The van der Waals surface area contributed by atoms with Crippen LogP contribution >= 0.6 is 0 Å². The SMILES string of the molecule is CCCCCCCCCCCCCCCCCCCCCC/C=C/C(O)C(CO)NC(=O)CCCCCCCCCCCC/C=C\C=C/CCCCCOC(=O)CCCCCCCCCCCCC. The zero-order valence-corrected chi connectivity index (χ0v) is 46.3. The highest BCUT2D eigenvalue weighted by molar-refractivity contribution is 5.76. The molecule has 2 atom stereocenters. The van der Waals surface area contributed by atoms with Crippen LogP contribution in [0.4, 0.5) is 0 Å². The average Bonchev–Trinajstić information content (AvgIpc) is 3.35. The Morgan fingerprint density at radius 2 is 0.710 bits per heavy atom. The van der Waals surface area contributed by atoms with E-state index in [4.69, 9.17) is 4.74 Å². The molecule has 0 aromatic rings. The van der Waals surface area contributed by atoms with Crippen LogP contribution in [0.3, 0.4) is 0 Å². The zero-order valence-electron chi connectivity index (χ0n) is 46.3. The van der Waals surface area contributed by atoms with E-state index in [1.54, 1.807) is 6.08 Å². The van der Waals surface area contributed by atoms with Crippen LogP contribution in [0.25, 0.3) is 0 Å². The Labute approximate surface area is 430 Å². The number of nitrogens with one attached hydrogen (secondary N) is 1. The molecule has 0 bridgehead atoms. The molecule has 69 heavy (non-hydrogen) atoms. The van der Waals surface area contributed by atoms with Gasteiger partial charge >= 0.3 is 5.97 Å². The standard InChI is InChI=1S/C63H119NO5/c1-3-5-7-9-11-13-15-16-17-18-19-20-21-23-26-29-32-36-39-43-47-51-55-61(66)60(59-65)64-62(67)56-52-48-44-40-37-33-30-27-24-22-25-28-31-34-38-42-46-50-54-58-69-63(68)57-53-49-45-41-35-14-12-10-8-6-4-2/h28,31,34,38,51,55,60-61,65-66H,3-27,29-30,32-33,35-37,39-50,52-54,56-59H2,1-2H3,(H,64,67)/b31-28-,38-34-,55-51+. The fourth-order valence-electron chi connectivity index (χ4n) is 9.45. The van der Waals surface area contributed by atoms with Gasteiger partial charge in [0.1, 0.15) is 0 Å². The lowest BCUT2D eigenvalue weighted by molar-refractivity contribution is -0.143. The molecule has 0 saturated carbocycles. The highest BCUT2D eigenvalue weighted by atomic mass is 16.5. The van der Waals surface area contributed by atoms with Gasteiger partial charge in [-0.1, -0.05) is 288 Å². The predicted molar refractivity (Wildman–Crippen MR) is 301 cm³/mol. The van der Waals surface area contributed by atoms with Crippen molar-refractivity contribution in [2.24, 2.45) is 0 Å². The van der Waals surface area contributed by atoms with Crippen molar-refractivity contribution in [3.8, 4) is 0 Å². The molecule has 0 fully saturated rings. The number of unbranched alkanes of at least 4 members (excludes halogenated alkanes) is 43. The Bertz CT molecular complexity index is 1120. The minimum absolute atomic E-state index is 0.0143. The fraction of sp³-hybridized carbons (Fsp3) is 0.873. The largest absolute Gasteiger partial charge is 0.466 e. The van der Waals surface area contributed by atoms with Crippen molar-refractivity contribution < 1.29 is 24.5 Å². The molecule has 0 rings (SSSR count). The van der Waals surface area contributed by atoms with Crippen LogP contribution in [-0.4, -0.2) is 47.4 Å². The molecule has 1 amide bonds. The molecule has 2 unspecified atom stereocenters. The number of rotatable bonds is 57. The first-order valence-corrected chi connectivity index (χ1v) is 30.8. The van der Waals surface area contributed by atoms with Crippen molar-refractivity contribution in [1.29, 1.82) is 0 Å². The van der Waals surface area contributed by atoms with E-state index in [1.807, 2.05) is 6.08 Å². The van der Waals surface area contributed by atoms with Gasteiger partial charge in [0.2, 0.25) is 5.91 Å². The Morgan fingerprint density at radius 1 is 0.406 bits per heavy atom. The van der Waals surface area contributed by atoms with Crippen LogP contribution in [0, 0.1) is 0 Å². The Kier molecular flexibility index (Phi) is 57.0. The van der Waals surface area contributed by atoms with E-state index < -0.39 is 12.1 Å². The summed E-state index contributed by atoms with van der Waals surface area (Å²) in [5.74, 6) is -0.0895. The Balaban J connectivity index is 3.51. The molecule has 0 aliphatic heterocycles. The van der Waals surface area contributed by atoms with E-state index >= 15 is 0 Å². The Hall–Kier alpha value is -1.92. The van der Waals surface area contributed by atoms with E-state index in [9.17, 15) is 19.8 Å². The van der Waals surface area contributed by atoms with E-state index in [1.165, 1.54) is 225 Å². The van der Waals surface area contributed by atoms with Gasteiger partial charge in [-0.25, -0.2) is 0 Å². The fourth-order valence-corrected chi connectivity index (χ4v) is 9.45. The van der Waals surface area contributed by atoms with E-state index in [2.05, 4.69) is 43.5 Å². The van der Waals surface area contributed by atoms with Crippen molar-refractivity contribution in [1.82, 2.24) is 5.32 Å². The van der Waals surface area contributed by atoms with Gasteiger partial charge in [0.25, 0.3) is 0 Å². The molecule has 0 radical (unpaired) electrons. The second kappa shape index (κ2) is 58.6. The van der Waals surface area contributed by atoms with Gasteiger partial charge in [-0.05, 0) is 64.2 Å². The quantitative estimate of drug-likeness (QED) is 0.0244. The number of aliphatic hydroxyl groups is 2. The summed E-state index contributed by atoms with van der Waals surface area (Å²) in [6, 6.07) is -0.637. The van der Waals surface area contributed by atoms with Gasteiger partial charge in [-0.15, -0.1) is 0 Å². The van der Waals surface area contributed by atoms with E-state index in [-0.39, 0.29) is 18.5 Å². The number of allylic oxidation sites excluding steroid dienone is 5. The number of ether oxygens (including phenoxy) is 1. The van der Waals surface area contributed by atoms with Crippen LogP contribution in [0.5, 0.6) is 0 Å². The number of hydrogen-bond donors (Lipinski definition) is 3. The van der Waals surface area contributed by atoms with Crippen molar-refractivity contribution >= 4 is 11.9 Å². The van der Waals surface area contributed by atoms with Crippen molar-refractivity contribution in [2.75, 3.05) is 13.2 Å². The minimum atomic E-state index is -0.852. The summed E-state index contributed by atoms with van der Waals surface area (Å²) in [7, 11) is 0. The number of carbonyl (C=O) groups is 2. The third-order valence-electron chi connectivity index (χ3n) is 14.2. The summed E-state index contributed by atoms with van der Waals surface area (Å²) in [6.45, 7) is 4.88. The van der Waals surface area contributed by atoms with Gasteiger partial charge < -0.3 is 20.3 Å². The average molecular weight is 971 g/mol. The number of carbonyl (C=O) groups excluding carboxylic acids is 2. The summed E-state index contributed by atoms with van der Waals surface area (Å²) >= 11 is 0. The van der Waals surface area contributed by atoms with Crippen LogP contribution < -0.4 is 5.32 Å². The maximum atomic E-state index is 12.5. The highest BCUT2D eigenvalue weighted by Crippen LogP contribution is 2.17. The molecule has 3 N–H and O–H groups in total. The smallest absolute Gasteiger partial charge is 0.305 e. The predicted octanol–water partition coefficient (Wildman–Crippen LogP) is 19.2. The summed E-state index contributed by atoms with van der Waals surface area (Å²) in [5.41, 5.74) is 0. The van der Waals surface area contributed by atoms with Crippen LogP contribution in [0.1, 0.15) is 328 Å². The lowest BCUT2D eigenvalue weighted by atomic mass is 10.0. The summed E-state index contributed by atoms with van der Waals surface area (Å²) in [6.07, 6.45) is 73.2. The number of hydrogen-bond acceptors (Lipinski definition) is 5. The first kappa shape index (κ1) is 67.1. The molecule has 0 heterocycles. The third-order valence-corrected chi connectivity index (χ3v) is 14.2. The molecular formula is C63H119NO5. The molecule has 0 saturated heterocycles. The summed E-state index contributed by atoms with van der Waals surface area (Å²) < 4.78 is 5.44. The topological polar surface area (TPSA) is 95.9 Å². The van der Waals surface area contributed by atoms with Gasteiger partial charge in [0, 0.05) is 12.8 Å². The molecule has 406 valence electrons. The van der Waals surface area contributed by atoms with Gasteiger partial charge in [-0.2, -0.15) is 0 Å². The Morgan fingerprint density at radius 3 is 1.07 bits per heavy atom. The second-order valence-corrected chi connectivity index (χ2v) is 21.1. The molecular weight excluding hydrogens is 851 g/mol. The molecule has 0 aromatic heterocycles. The van der Waals surface area contributed by atoms with Crippen LogP contribution in [0.2, 0.25) is 0 Å². The highest BCUT2D eigenvalue weighted by Gasteiger charge is 2.18. The summed E-state index contributed by atoms with van der Waals surface area (Å²) in [5, 5.41) is 23.2. The van der Waals surface area contributed by atoms with Crippen molar-refractivity contribution in [2.45, 2.75) is 341 Å². The van der Waals surface area contributed by atoms with Crippen LogP contribution in [0.15, 0.2) is 36.5 Å². The zero-order chi connectivity index (χ0) is 50.0. The first-order valence-electron chi connectivity index (χ1n) is 30.8. The molecule has 0 spiro atoms. The molecule has 0 aliphatic rings. The maximum Gasteiger partial charge on any atom is 0.305 e. The first-order chi connectivity index (χ1) is 34.0. The lowest BCUT2D eigenvalue weighted by Gasteiger charge is -2.20. The monoisotopic (exact) mass is 970 g/mol. The van der Waals surface area contributed by atoms with Gasteiger partial charge in [0.05, 0.1) is 25.4 Å². The molecule has 6 heteroatoms. The normalized spacial score (nSPS) is 12.8. The lowest BCUT2D eigenvalue weighted by Crippen LogP contribution is -2.45. The minimum Gasteiger partial charge on any atom is -0.466 e. The molecule has 0 aliphatic carbocycles. The second-order valence-electron chi connectivity index (χ2n) is 21.1. The van der Waals surface area contributed by atoms with Gasteiger partial charge in [0.15, 0.2) is 0 Å². The summed E-state index contributed by atoms with van der Waals surface area (Å²) in [4.78, 5) is 24.5.